The Labute approximate surface area is 112 Å². The first-order valence-electron chi connectivity index (χ1n) is 5.80. The Morgan fingerprint density at radius 3 is 2.65 bits per heavy atom. The van der Waals surface area contributed by atoms with E-state index in [0.717, 1.165) is 31.0 Å². The molecule has 1 heterocycles. The molecule has 1 aromatic carbocycles. The molecule has 0 N–H and O–H groups in total. The number of alkyl halides is 1. The number of halogens is 2. The monoisotopic (exact) mass is 271 g/mol. The van der Waals surface area contributed by atoms with Gasteiger partial charge in [-0.05, 0) is 36.5 Å². The van der Waals surface area contributed by atoms with Crippen LogP contribution in [0, 0.1) is 0 Å². The molecule has 0 unspecified atom stereocenters. The van der Waals surface area contributed by atoms with Crippen molar-refractivity contribution in [2.24, 2.45) is 0 Å². The quantitative estimate of drug-likeness (QED) is 0.756. The lowest BCUT2D eigenvalue weighted by atomic mass is 9.89. The summed E-state index contributed by atoms with van der Waals surface area (Å²) in [6.07, 6.45) is 1.98. The lowest BCUT2D eigenvalue weighted by molar-refractivity contribution is -0.129. The van der Waals surface area contributed by atoms with E-state index in [1.807, 2.05) is 23.1 Å². The summed E-state index contributed by atoms with van der Waals surface area (Å²) in [5, 5.41) is 0.779. The molecule has 0 spiro atoms. The van der Waals surface area contributed by atoms with E-state index in [4.69, 9.17) is 23.2 Å². The Bertz CT molecular complexity index is 400. The van der Waals surface area contributed by atoms with Crippen LogP contribution >= 0.6 is 23.2 Å². The van der Waals surface area contributed by atoms with Crippen molar-refractivity contribution in [3.63, 3.8) is 0 Å². The fourth-order valence-corrected chi connectivity index (χ4v) is 2.68. The number of carbonyl (C=O) groups excluding carboxylic acids is 1. The van der Waals surface area contributed by atoms with Crippen LogP contribution in [-0.2, 0) is 4.79 Å². The number of hydrogen-bond acceptors (Lipinski definition) is 1. The average molecular weight is 272 g/mol. The molecule has 1 aromatic rings. The summed E-state index contributed by atoms with van der Waals surface area (Å²) in [6, 6.07) is 7.99. The Morgan fingerprint density at radius 2 is 2.06 bits per heavy atom. The summed E-state index contributed by atoms with van der Waals surface area (Å²) in [5.41, 5.74) is 1.27. The maximum absolute atomic E-state index is 11.4. The van der Waals surface area contributed by atoms with Gasteiger partial charge in [0.05, 0.1) is 0 Å². The van der Waals surface area contributed by atoms with Gasteiger partial charge in [-0.3, -0.25) is 4.79 Å². The van der Waals surface area contributed by atoms with Gasteiger partial charge in [0.1, 0.15) is 5.88 Å². The molecule has 4 heteroatoms. The molecule has 0 aliphatic carbocycles. The smallest absolute Gasteiger partial charge is 0.237 e. The number of hydrogen-bond donors (Lipinski definition) is 0. The first-order chi connectivity index (χ1) is 8.20. The van der Waals surface area contributed by atoms with E-state index in [-0.39, 0.29) is 11.8 Å². The third kappa shape index (κ3) is 3.14. The second-order valence-electron chi connectivity index (χ2n) is 4.34. The van der Waals surface area contributed by atoms with Crippen molar-refractivity contribution in [1.82, 2.24) is 4.90 Å². The molecule has 1 fully saturated rings. The molecule has 0 radical (unpaired) electrons. The molecule has 2 rings (SSSR count). The number of nitrogens with zero attached hydrogens (tertiary/aromatic N) is 1. The van der Waals surface area contributed by atoms with Gasteiger partial charge in [0.2, 0.25) is 5.91 Å². The van der Waals surface area contributed by atoms with Crippen LogP contribution < -0.4 is 0 Å². The molecule has 0 atom stereocenters. The summed E-state index contributed by atoms with van der Waals surface area (Å²) in [5.74, 6) is 0.631. The fourth-order valence-electron chi connectivity index (χ4n) is 2.31. The lowest BCUT2D eigenvalue weighted by Gasteiger charge is -2.31. The first-order valence-corrected chi connectivity index (χ1v) is 6.71. The average Bonchev–Trinajstić information content (AvgIpc) is 2.38. The number of likely N-dealkylation sites (tertiary alicyclic amines) is 1. The highest BCUT2D eigenvalue weighted by Crippen LogP contribution is 2.29. The largest absolute Gasteiger partial charge is 0.342 e. The highest BCUT2D eigenvalue weighted by Gasteiger charge is 2.23. The van der Waals surface area contributed by atoms with Crippen molar-refractivity contribution in [2.45, 2.75) is 18.8 Å². The Hall–Kier alpha value is -0.730. The van der Waals surface area contributed by atoms with Gasteiger partial charge >= 0.3 is 0 Å². The summed E-state index contributed by atoms with van der Waals surface area (Å²) in [6.45, 7) is 1.59. The zero-order valence-corrected chi connectivity index (χ0v) is 11.0. The van der Waals surface area contributed by atoms with Crippen LogP contribution in [0.15, 0.2) is 24.3 Å². The van der Waals surface area contributed by atoms with E-state index >= 15 is 0 Å². The number of rotatable bonds is 2. The van der Waals surface area contributed by atoms with Crippen molar-refractivity contribution < 1.29 is 4.79 Å². The van der Waals surface area contributed by atoms with Gasteiger partial charge < -0.3 is 4.90 Å². The summed E-state index contributed by atoms with van der Waals surface area (Å²) in [7, 11) is 0. The Morgan fingerprint density at radius 1 is 1.35 bits per heavy atom. The minimum atomic E-state index is 0.0382. The molecule has 1 aliphatic heterocycles. The van der Waals surface area contributed by atoms with E-state index < -0.39 is 0 Å². The van der Waals surface area contributed by atoms with Crippen molar-refractivity contribution in [2.75, 3.05) is 19.0 Å². The predicted molar refractivity (Wildman–Crippen MR) is 70.7 cm³/mol. The maximum atomic E-state index is 11.4. The van der Waals surface area contributed by atoms with Gasteiger partial charge in [-0.1, -0.05) is 23.7 Å². The second kappa shape index (κ2) is 5.74. The molecule has 0 aromatic heterocycles. The minimum Gasteiger partial charge on any atom is -0.342 e. The van der Waals surface area contributed by atoms with Crippen LogP contribution in [0.1, 0.15) is 24.3 Å². The van der Waals surface area contributed by atoms with Crippen LogP contribution in [0.5, 0.6) is 0 Å². The topological polar surface area (TPSA) is 20.3 Å². The summed E-state index contributed by atoms with van der Waals surface area (Å²) >= 11 is 11.5. The lowest BCUT2D eigenvalue weighted by Crippen LogP contribution is -2.38. The summed E-state index contributed by atoms with van der Waals surface area (Å²) in [4.78, 5) is 13.3. The van der Waals surface area contributed by atoms with Crippen LogP contribution in [0.2, 0.25) is 5.02 Å². The number of piperidine rings is 1. The standard InChI is InChI=1S/C13H15Cl2NO/c14-9-13(17)16-6-4-10(5-7-16)11-2-1-3-12(15)8-11/h1-3,8,10H,4-7,9H2. The van der Waals surface area contributed by atoms with Crippen molar-refractivity contribution in [3.05, 3.63) is 34.9 Å². The van der Waals surface area contributed by atoms with Gasteiger partial charge in [0.15, 0.2) is 0 Å². The minimum absolute atomic E-state index is 0.0382. The van der Waals surface area contributed by atoms with E-state index in [1.165, 1.54) is 5.56 Å². The van der Waals surface area contributed by atoms with Gasteiger partial charge in [-0.25, -0.2) is 0 Å². The third-order valence-corrected chi connectivity index (χ3v) is 3.75. The first kappa shape index (κ1) is 12.7. The van der Waals surface area contributed by atoms with Crippen molar-refractivity contribution in [3.8, 4) is 0 Å². The van der Waals surface area contributed by atoms with E-state index in [0.29, 0.717) is 5.92 Å². The number of benzene rings is 1. The van der Waals surface area contributed by atoms with Crippen LogP contribution in [0.4, 0.5) is 0 Å². The van der Waals surface area contributed by atoms with Gasteiger partial charge in [0.25, 0.3) is 0 Å². The molecule has 1 amide bonds. The van der Waals surface area contributed by atoms with Crippen molar-refractivity contribution >= 4 is 29.1 Å². The third-order valence-electron chi connectivity index (χ3n) is 3.28. The zero-order chi connectivity index (χ0) is 12.3. The Balaban J connectivity index is 1.97. The van der Waals surface area contributed by atoms with Crippen LogP contribution in [0.25, 0.3) is 0 Å². The van der Waals surface area contributed by atoms with Gasteiger partial charge in [-0.2, -0.15) is 0 Å². The molecule has 0 saturated carbocycles. The summed E-state index contributed by atoms with van der Waals surface area (Å²) < 4.78 is 0. The van der Waals surface area contributed by atoms with Crippen LogP contribution in [-0.4, -0.2) is 29.8 Å². The molecule has 17 heavy (non-hydrogen) atoms. The van der Waals surface area contributed by atoms with Gasteiger partial charge in [-0.15, -0.1) is 11.6 Å². The molecular weight excluding hydrogens is 257 g/mol. The van der Waals surface area contributed by atoms with E-state index in [2.05, 4.69) is 6.07 Å². The maximum Gasteiger partial charge on any atom is 0.237 e. The van der Waals surface area contributed by atoms with E-state index in [9.17, 15) is 4.79 Å². The highest BCUT2D eigenvalue weighted by atomic mass is 35.5. The van der Waals surface area contributed by atoms with Crippen LogP contribution in [0.3, 0.4) is 0 Å². The zero-order valence-electron chi connectivity index (χ0n) is 9.53. The SMILES string of the molecule is O=C(CCl)N1CCC(c2cccc(Cl)c2)CC1. The highest BCUT2D eigenvalue weighted by molar-refractivity contribution is 6.30. The van der Waals surface area contributed by atoms with Crippen molar-refractivity contribution in [1.29, 1.82) is 0 Å². The van der Waals surface area contributed by atoms with E-state index in [1.54, 1.807) is 0 Å². The molecule has 2 nitrogen and oxygen atoms in total. The molecule has 1 saturated heterocycles. The number of carbonyl (C=O) groups is 1. The number of amides is 1. The molecule has 1 aliphatic rings. The molecule has 0 bridgehead atoms. The predicted octanol–water partition coefficient (Wildman–Crippen LogP) is 3.28. The normalized spacial score (nSPS) is 17.2. The Kier molecular flexibility index (Phi) is 4.30. The molecular formula is C13H15Cl2NO. The second-order valence-corrected chi connectivity index (χ2v) is 5.05. The fraction of sp³-hybridized carbons (Fsp3) is 0.462. The molecule has 92 valence electrons. The van der Waals surface area contributed by atoms with Gasteiger partial charge in [0, 0.05) is 18.1 Å².